The summed E-state index contributed by atoms with van der Waals surface area (Å²) < 4.78 is 5.11. The number of ether oxygens (including phenoxy) is 1. The summed E-state index contributed by atoms with van der Waals surface area (Å²) in [6.45, 7) is 4.76. The van der Waals surface area contributed by atoms with Crippen molar-refractivity contribution in [1.82, 2.24) is 4.90 Å². The zero-order valence-electron chi connectivity index (χ0n) is 12.2. The van der Waals surface area contributed by atoms with Crippen LogP contribution in [0.3, 0.4) is 0 Å². The van der Waals surface area contributed by atoms with Gasteiger partial charge in [-0.25, -0.2) is 0 Å². The Balaban J connectivity index is 3.06. The number of carbonyl (C=O) groups excluding carboxylic acids is 1. The van der Waals surface area contributed by atoms with Crippen LogP contribution in [0.4, 0.5) is 0 Å². The molecule has 4 nitrogen and oxygen atoms in total. The zero-order chi connectivity index (χ0) is 15.0. The molecular weight excluding hydrogens is 254 g/mol. The smallest absolute Gasteiger partial charge is 0.255 e. The summed E-state index contributed by atoms with van der Waals surface area (Å²) in [5.41, 5.74) is 1.19. The number of rotatable bonds is 5. The minimum absolute atomic E-state index is 0.00337. The molecule has 1 N–H and O–H groups in total. The van der Waals surface area contributed by atoms with Gasteiger partial charge < -0.3 is 14.7 Å². The molecule has 0 aromatic heterocycles. The lowest BCUT2D eigenvalue weighted by molar-refractivity contribution is 0.0579. The van der Waals surface area contributed by atoms with E-state index >= 15 is 0 Å². The van der Waals surface area contributed by atoms with Crippen molar-refractivity contribution in [2.75, 3.05) is 26.9 Å². The first kappa shape index (κ1) is 16.2. The van der Waals surface area contributed by atoms with E-state index in [4.69, 9.17) is 9.84 Å². The first-order valence-corrected chi connectivity index (χ1v) is 6.64. The Bertz CT molecular complexity index is 502. The van der Waals surface area contributed by atoms with E-state index in [0.29, 0.717) is 24.3 Å². The summed E-state index contributed by atoms with van der Waals surface area (Å²) in [4.78, 5) is 14.4. The van der Waals surface area contributed by atoms with E-state index in [0.717, 1.165) is 0 Å². The van der Waals surface area contributed by atoms with Gasteiger partial charge in [-0.1, -0.05) is 24.0 Å². The third-order valence-corrected chi connectivity index (χ3v) is 3.00. The fourth-order valence-electron chi connectivity index (χ4n) is 2.05. The second-order valence-corrected chi connectivity index (χ2v) is 4.40. The minimum atomic E-state index is -0.222. The van der Waals surface area contributed by atoms with Gasteiger partial charge >= 0.3 is 0 Å². The molecule has 1 atom stereocenters. The quantitative estimate of drug-likeness (QED) is 0.829. The van der Waals surface area contributed by atoms with Crippen molar-refractivity contribution in [2.24, 2.45) is 0 Å². The van der Waals surface area contributed by atoms with Crippen molar-refractivity contribution < 1.29 is 14.6 Å². The largest absolute Gasteiger partial charge is 0.384 e. The molecule has 0 heterocycles. The molecule has 0 saturated heterocycles. The van der Waals surface area contributed by atoms with Crippen molar-refractivity contribution in [1.29, 1.82) is 0 Å². The topological polar surface area (TPSA) is 49.8 Å². The van der Waals surface area contributed by atoms with Crippen LogP contribution in [0.15, 0.2) is 24.3 Å². The van der Waals surface area contributed by atoms with Crippen molar-refractivity contribution >= 4 is 5.91 Å². The molecule has 1 amide bonds. The molecule has 0 aliphatic carbocycles. The Morgan fingerprint density at radius 2 is 2.15 bits per heavy atom. The van der Waals surface area contributed by atoms with Gasteiger partial charge in [-0.15, -0.1) is 0 Å². The monoisotopic (exact) mass is 275 g/mol. The van der Waals surface area contributed by atoms with Gasteiger partial charge in [0.15, 0.2) is 0 Å². The minimum Gasteiger partial charge on any atom is -0.384 e. The fourth-order valence-corrected chi connectivity index (χ4v) is 2.05. The summed E-state index contributed by atoms with van der Waals surface area (Å²) in [5, 5.41) is 8.79. The van der Waals surface area contributed by atoms with Crippen LogP contribution in [0.25, 0.3) is 0 Å². The zero-order valence-corrected chi connectivity index (χ0v) is 12.2. The van der Waals surface area contributed by atoms with E-state index in [-0.39, 0.29) is 18.6 Å². The number of benzene rings is 1. The molecule has 0 radical (unpaired) electrons. The lowest BCUT2D eigenvalue weighted by Gasteiger charge is -2.28. The predicted octanol–water partition coefficient (Wildman–Crippen LogP) is 1.53. The van der Waals surface area contributed by atoms with Crippen LogP contribution >= 0.6 is 0 Å². The van der Waals surface area contributed by atoms with Crippen molar-refractivity contribution in [3.05, 3.63) is 35.4 Å². The number of likely N-dealkylation sites (N-methyl/N-ethyl adjacent to an activating group) is 1. The van der Waals surface area contributed by atoms with Gasteiger partial charge in [0.25, 0.3) is 5.91 Å². The van der Waals surface area contributed by atoms with Gasteiger partial charge in [0.05, 0.1) is 18.2 Å². The highest BCUT2D eigenvalue weighted by Crippen LogP contribution is 2.13. The fraction of sp³-hybridized carbons (Fsp3) is 0.438. The third-order valence-electron chi connectivity index (χ3n) is 3.00. The molecule has 4 heteroatoms. The van der Waals surface area contributed by atoms with Gasteiger partial charge in [-0.05, 0) is 26.0 Å². The highest BCUT2D eigenvalue weighted by atomic mass is 16.5. The molecule has 1 unspecified atom stereocenters. The third kappa shape index (κ3) is 4.09. The summed E-state index contributed by atoms with van der Waals surface area (Å²) >= 11 is 0. The summed E-state index contributed by atoms with van der Waals surface area (Å²) in [6, 6.07) is 7.17. The van der Waals surface area contributed by atoms with Gasteiger partial charge in [0.1, 0.15) is 6.61 Å². The molecule has 1 aromatic carbocycles. The molecule has 0 aliphatic rings. The highest BCUT2D eigenvalue weighted by molar-refractivity contribution is 5.97. The van der Waals surface area contributed by atoms with E-state index in [1.54, 1.807) is 24.1 Å². The van der Waals surface area contributed by atoms with Gasteiger partial charge in [0.2, 0.25) is 0 Å². The standard InChI is InChI=1S/C16H21NO3/c1-4-17(13(2)12-20-3)16(19)15-10-6-5-8-14(15)9-7-11-18/h5-6,8,10,13,18H,4,11-12H2,1-3H3. The summed E-state index contributed by atoms with van der Waals surface area (Å²) in [5.74, 6) is 5.33. The second kappa shape index (κ2) is 8.36. The van der Waals surface area contributed by atoms with Crippen LogP contribution in [-0.4, -0.2) is 48.8 Å². The Morgan fingerprint density at radius 1 is 1.45 bits per heavy atom. The molecule has 0 aliphatic heterocycles. The number of amides is 1. The molecule has 0 saturated carbocycles. The number of methoxy groups -OCH3 is 1. The van der Waals surface area contributed by atoms with Crippen molar-refractivity contribution in [2.45, 2.75) is 19.9 Å². The maximum Gasteiger partial charge on any atom is 0.255 e. The highest BCUT2D eigenvalue weighted by Gasteiger charge is 2.21. The van der Waals surface area contributed by atoms with Crippen LogP contribution in [-0.2, 0) is 4.74 Å². The Kier molecular flexibility index (Phi) is 6.78. The lowest BCUT2D eigenvalue weighted by Crippen LogP contribution is -2.41. The molecular formula is C16H21NO3. The van der Waals surface area contributed by atoms with Crippen molar-refractivity contribution in [3.8, 4) is 11.8 Å². The van der Waals surface area contributed by atoms with Gasteiger partial charge in [0, 0.05) is 19.2 Å². The normalized spacial score (nSPS) is 11.4. The predicted molar refractivity (Wildman–Crippen MR) is 78.5 cm³/mol. The van der Waals surface area contributed by atoms with Crippen LogP contribution in [0.1, 0.15) is 29.8 Å². The average molecular weight is 275 g/mol. The Labute approximate surface area is 120 Å². The Morgan fingerprint density at radius 3 is 2.75 bits per heavy atom. The van der Waals surface area contributed by atoms with E-state index in [1.165, 1.54) is 0 Å². The van der Waals surface area contributed by atoms with Crippen molar-refractivity contribution in [3.63, 3.8) is 0 Å². The van der Waals surface area contributed by atoms with Crippen LogP contribution < -0.4 is 0 Å². The molecule has 0 bridgehead atoms. The molecule has 108 valence electrons. The van der Waals surface area contributed by atoms with E-state index in [1.807, 2.05) is 26.0 Å². The molecule has 1 aromatic rings. The van der Waals surface area contributed by atoms with Gasteiger partial charge in [-0.3, -0.25) is 4.79 Å². The molecule has 0 spiro atoms. The average Bonchev–Trinajstić information content (AvgIpc) is 2.46. The van der Waals surface area contributed by atoms with Crippen LogP contribution in [0.2, 0.25) is 0 Å². The summed E-state index contributed by atoms with van der Waals surface area (Å²) in [6.07, 6.45) is 0. The molecule has 20 heavy (non-hydrogen) atoms. The second-order valence-electron chi connectivity index (χ2n) is 4.40. The van der Waals surface area contributed by atoms with Crippen LogP contribution in [0.5, 0.6) is 0 Å². The maximum absolute atomic E-state index is 12.6. The molecule has 0 fully saturated rings. The maximum atomic E-state index is 12.6. The van der Waals surface area contributed by atoms with Gasteiger partial charge in [-0.2, -0.15) is 0 Å². The number of carbonyl (C=O) groups is 1. The number of aliphatic hydroxyl groups excluding tert-OH is 1. The van der Waals surface area contributed by atoms with E-state index < -0.39 is 0 Å². The van der Waals surface area contributed by atoms with E-state index in [2.05, 4.69) is 11.8 Å². The lowest BCUT2D eigenvalue weighted by atomic mass is 10.1. The number of hydrogen-bond acceptors (Lipinski definition) is 3. The summed E-state index contributed by atoms with van der Waals surface area (Å²) in [7, 11) is 1.62. The van der Waals surface area contributed by atoms with Crippen LogP contribution in [0, 0.1) is 11.8 Å². The van der Waals surface area contributed by atoms with E-state index in [9.17, 15) is 4.79 Å². The first-order chi connectivity index (χ1) is 9.65. The Hall–Kier alpha value is -1.83. The molecule has 1 rings (SSSR count). The first-order valence-electron chi connectivity index (χ1n) is 6.64. The number of hydrogen-bond donors (Lipinski definition) is 1. The number of nitrogens with zero attached hydrogens (tertiary/aromatic N) is 1. The SMILES string of the molecule is CCN(C(=O)c1ccccc1C#CCO)C(C)COC. The number of aliphatic hydroxyl groups is 1.